The van der Waals surface area contributed by atoms with Crippen molar-refractivity contribution in [2.75, 3.05) is 52.9 Å². The maximum Gasteiger partial charge on any atom is 0.127 e. The number of benzene rings is 5. The molecule has 3 aliphatic heterocycles. The van der Waals surface area contributed by atoms with Crippen LogP contribution in [0.1, 0.15) is 0 Å². The second-order valence-corrected chi connectivity index (χ2v) is 11.9. The fourth-order valence-corrected chi connectivity index (χ4v) is 6.10. The molecule has 0 aliphatic carbocycles. The van der Waals surface area contributed by atoms with Gasteiger partial charge in [0.1, 0.15) is 49.4 Å². The highest BCUT2D eigenvalue weighted by Crippen LogP contribution is 2.33. The molecule has 5 aromatic carbocycles. The molecule has 12 bridgehead atoms. The summed E-state index contributed by atoms with van der Waals surface area (Å²) in [7, 11) is 0. The van der Waals surface area contributed by atoms with E-state index in [2.05, 4.69) is 24.3 Å². The summed E-state index contributed by atoms with van der Waals surface area (Å²) in [6.45, 7) is 3.49. The summed E-state index contributed by atoms with van der Waals surface area (Å²) in [5, 5.41) is 4.05. The molecule has 0 radical (unpaired) electrons. The predicted octanol–water partition coefficient (Wildman–Crippen LogP) is 8.53. The zero-order valence-corrected chi connectivity index (χ0v) is 27.5. The fraction of sp³-hybridized carbons (Fsp3) is 0.190. The molecule has 3 aliphatic rings. The predicted molar refractivity (Wildman–Crippen MR) is 195 cm³/mol. The Bertz CT molecular complexity index is 2080. The van der Waals surface area contributed by atoms with Gasteiger partial charge in [0.15, 0.2) is 0 Å². The van der Waals surface area contributed by atoms with Crippen LogP contribution < -0.4 is 18.9 Å². The summed E-state index contributed by atoms with van der Waals surface area (Å²) in [6.07, 6.45) is 0. The number of ether oxygens (including phenoxy) is 6. The van der Waals surface area contributed by atoms with Crippen molar-refractivity contribution < 1.29 is 28.4 Å². The first-order valence-electron chi connectivity index (χ1n) is 16.9. The summed E-state index contributed by atoms with van der Waals surface area (Å²) >= 11 is 0. The van der Waals surface area contributed by atoms with Crippen LogP contribution in [0, 0.1) is 0 Å². The molecule has 2 aromatic heterocycles. The highest BCUT2D eigenvalue weighted by molar-refractivity contribution is 6.04. The Hall–Kier alpha value is -5.70. The van der Waals surface area contributed by atoms with Crippen molar-refractivity contribution in [2.24, 2.45) is 0 Å². The third kappa shape index (κ3) is 7.03. The fourth-order valence-electron chi connectivity index (χ4n) is 6.10. The smallest absolute Gasteiger partial charge is 0.127 e. The number of pyridine rings is 2. The van der Waals surface area contributed by atoms with E-state index in [4.69, 9.17) is 38.4 Å². The summed E-state index contributed by atoms with van der Waals surface area (Å²) in [6, 6.07) is 40.4. The first-order valence-corrected chi connectivity index (χ1v) is 16.9. The summed E-state index contributed by atoms with van der Waals surface area (Å²) in [5.74, 6) is 3.12. The molecule has 0 spiro atoms. The van der Waals surface area contributed by atoms with E-state index < -0.39 is 0 Å². The van der Waals surface area contributed by atoms with E-state index in [9.17, 15) is 0 Å². The second kappa shape index (κ2) is 14.8. The first-order chi connectivity index (χ1) is 24.8. The second-order valence-electron chi connectivity index (χ2n) is 11.9. The van der Waals surface area contributed by atoms with Gasteiger partial charge in [0.25, 0.3) is 0 Å². The van der Waals surface area contributed by atoms with Gasteiger partial charge in [-0.25, -0.2) is 9.97 Å². The van der Waals surface area contributed by atoms with Crippen LogP contribution in [0.3, 0.4) is 0 Å². The Balaban J connectivity index is 1.02. The van der Waals surface area contributed by atoms with E-state index in [1.807, 2.05) is 97.1 Å². The van der Waals surface area contributed by atoms with Crippen LogP contribution in [0.4, 0.5) is 0 Å². The van der Waals surface area contributed by atoms with Gasteiger partial charge in [-0.2, -0.15) is 0 Å². The lowest BCUT2D eigenvalue weighted by atomic mass is 10.1. The van der Waals surface area contributed by atoms with E-state index in [1.165, 1.54) is 0 Å². The van der Waals surface area contributed by atoms with Crippen molar-refractivity contribution in [1.82, 2.24) is 9.97 Å². The minimum atomic E-state index is 0.420. The van der Waals surface area contributed by atoms with Crippen LogP contribution in [-0.2, 0) is 9.47 Å². The molecule has 0 N–H and O–H groups in total. The van der Waals surface area contributed by atoms with E-state index >= 15 is 0 Å². The first kappa shape index (κ1) is 31.6. The molecule has 0 atom stereocenters. The van der Waals surface area contributed by atoms with Crippen LogP contribution in [0.2, 0.25) is 0 Å². The zero-order chi connectivity index (χ0) is 33.5. The van der Waals surface area contributed by atoms with Gasteiger partial charge < -0.3 is 28.4 Å². The van der Waals surface area contributed by atoms with Gasteiger partial charge in [0.05, 0.1) is 48.8 Å². The van der Waals surface area contributed by atoms with Gasteiger partial charge in [-0.15, -0.1) is 0 Å². The van der Waals surface area contributed by atoms with Crippen molar-refractivity contribution in [3.63, 3.8) is 0 Å². The van der Waals surface area contributed by atoms with Gasteiger partial charge in [-0.3, -0.25) is 0 Å². The summed E-state index contributed by atoms with van der Waals surface area (Å²) < 4.78 is 35.7. The number of rotatable bonds is 0. The Labute approximate surface area is 290 Å². The topological polar surface area (TPSA) is 81.2 Å². The van der Waals surface area contributed by atoms with Gasteiger partial charge in [0.2, 0.25) is 0 Å². The molecule has 0 amide bonds. The lowest BCUT2D eigenvalue weighted by Crippen LogP contribution is -2.12. The molecule has 7 aromatic rings. The lowest BCUT2D eigenvalue weighted by Gasteiger charge is -2.13. The third-order valence-corrected chi connectivity index (χ3v) is 8.63. The minimum absolute atomic E-state index is 0.420. The average Bonchev–Trinajstić information content (AvgIpc) is 3.17. The third-order valence-electron chi connectivity index (χ3n) is 8.63. The molecule has 0 saturated heterocycles. The maximum atomic E-state index is 6.08. The van der Waals surface area contributed by atoms with E-state index in [0.717, 1.165) is 78.1 Å². The summed E-state index contributed by atoms with van der Waals surface area (Å²) in [5.41, 5.74) is 5.48. The molecule has 250 valence electrons. The van der Waals surface area contributed by atoms with Gasteiger partial charge in [-0.05, 0) is 72.8 Å². The molecule has 5 heterocycles. The van der Waals surface area contributed by atoms with Crippen LogP contribution in [0.5, 0.6) is 23.0 Å². The number of aromatic nitrogens is 2. The number of fused-ring (bicyclic) bond motifs is 2. The molecule has 8 heteroatoms. The molecular weight excluding hydrogens is 628 g/mol. The molecule has 0 unspecified atom stereocenters. The largest absolute Gasteiger partial charge is 0.491 e. The maximum absolute atomic E-state index is 6.08. The molecule has 0 fully saturated rings. The van der Waals surface area contributed by atoms with Crippen LogP contribution in [0.25, 0.3) is 55.1 Å². The molecule has 0 saturated carbocycles. The number of nitrogens with zero attached hydrogens (tertiary/aromatic N) is 2. The molecule has 8 nitrogen and oxygen atoms in total. The molecule has 10 rings (SSSR count). The Morgan fingerprint density at radius 1 is 0.360 bits per heavy atom. The normalized spacial score (nSPS) is 14.6. The molecule has 50 heavy (non-hydrogen) atoms. The van der Waals surface area contributed by atoms with Crippen molar-refractivity contribution >= 4 is 32.6 Å². The average molecular weight is 665 g/mol. The van der Waals surface area contributed by atoms with Crippen molar-refractivity contribution in [3.8, 4) is 45.5 Å². The quantitative estimate of drug-likeness (QED) is 0.149. The number of hydrogen-bond acceptors (Lipinski definition) is 8. The molecular formula is C42H36N2O6. The minimum Gasteiger partial charge on any atom is -0.491 e. The Morgan fingerprint density at radius 2 is 0.760 bits per heavy atom. The zero-order valence-electron chi connectivity index (χ0n) is 27.5. The van der Waals surface area contributed by atoms with Crippen molar-refractivity contribution in [3.05, 3.63) is 121 Å². The highest BCUT2D eigenvalue weighted by atomic mass is 16.6. The van der Waals surface area contributed by atoms with E-state index in [-0.39, 0.29) is 0 Å². The standard InChI is InChI=1S/C42H36N2O6/c1-3-35-36-4-2-6-40(35)50-28-24-46-22-26-48-34-17-11-30(12-18-34)38-20-14-32-8-7-31-13-19-37(43-41(31)42(32)44-38)29-9-15-33(16-10-29)47-25-21-45-23-27-49-39(36)5-1/h1-20H,21-28H2. The van der Waals surface area contributed by atoms with Gasteiger partial charge >= 0.3 is 0 Å². The van der Waals surface area contributed by atoms with Gasteiger partial charge in [0, 0.05) is 32.7 Å². The Kier molecular flexibility index (Phi) is 9.36. The van der Waals surface area contributed by atoms with Crippen LogP contribution >= 0.6 is 0 Å². The van der Waals surface area contributed by atoms with E-state index in [0.29, 0.717) is 52.9 Å². The summed E-state index contributed by atoms with van der Waals surface area (Å²) in [4.78, 5) is 10.2. The van der Waals surface area contributed by atoms with Gasteiger partial charge in [-0.1, -0.05) is 48.5 Å². The van der Waals surface area contributed by atoms with Crippen molar-refractivity contribution in [2.45, 2.75) is 0 Å². The monoisotopic (exact) mass is 664 g/mol. The van der Waals surface area contributed by atoms with E-state index in [1.54, 1.807) is 0 Å². The number of hydrogen-bond donors (Lipinski definition) is 0. The Morgan fingerprint density at radius 3 is 1.20 bits per heavy atom. The van der Waals surface area contributed by atoms with Crippen LogP contribution in [-0.4, -0.2) is 62.8 Å². The highest BCUT2D eigenvalue weighted by Gasteiger charge is 2.11. The lowest BCUT2D eigenvalue weighted by molar-refractivity contribution is 0.0765. The van der Waals surface area contributed by atoms with Crippen molar-refractivity contribution in [1.29, 1.82) is 0 Å². The van der Waals surface area contributed by atoms with Crippen LogP contribution in [0.15, 0.2) is 121 Å². The SMILES string of the molecule is c1cc2c3cccc(c3c1)OCCOCCOc1ccc(cc1)-c1ccc3ccc4ccc(nc4c3n1)-c1ccc(cc1)OCCOCCO2.